The van der Waals surface area contributed by atoms with Crippen LogP contribution in [0.4, 0.5) is 17.3 Å². The third kappa shape index (κ3) is 7.10. The Morgan fingerprint density at radius 3 is 2.10 bits per heavy atom. The number of carbonyl (C=O) groups excluding carboxylic acids is 1. The number of nitrogens with zero attached hydrogens (tertiary/aromatic N) is 3. The van der Waals surface area contributed by atoms with E-state index in [1.165, 1.54) is 10.4 Å². The van der Waals surface area contributed by atoms with Crippen molar-refractivity contribution in [2.24, 2.45) is 0 Å². The van der Waals surface area contributed by atoms with Gasteiger partial charge in [0.25, 0.3) is 14.2 Å². The third-order valence-corrected chi connectivity index (χ3v) is 13.4. The number of nitrogens with one attached hydrogen (secondary N) is 2. The molecular formula is C40H39N5O2Si. The predicted octanol–water partition coefficient (Wildman–Crippen LogP) is 7.92. The van der Waals surface area contributed by atoms with Crippen LogP contribution in [0.3, 0.4) is 0 Å². The average Bonchev–Trinajstić information content (AvgIpc) is 3.11. The molecule has 2 aromatic heterocycles. The van der Waals surface area contributed by atoms with E-state index in [2.05, 4.69) is 94.9 Å². The number of pyridine rings is 1. The van der Waals surface area contributed by atoms with Gasteiger partial charge in [0.15, 0.2) is 0 Å². The zero-order valence-corrected chi connectivity index (χ0v) is 28.6. The molecule has 2 heterocycles. The van der Waals surface area contributed by atoms with E-state index in [9.17, 15) is 4.79 Å². The van der Waals surface area contributed by atoms with E-state index >= 15 is 0 Å². The molecular weight excluding hydrogens is 611 g/mol. The molecule has 0 aliphatic rings. The molecule has 6 aromatic rings. The number of hydrogen-bond donors (Lipinski definition) is 2. The molecule has 0 saturated heterocycles. The van der Waals surface area contributed by atoms with Gasteiger partial charge >= 0.3 is 0 Å². The fourth-order valence-corrected chi connectivity index (χ4v) is 10.5. The van der Waals surface area contributed by atoms with Crippen molar-refractivity contribution in [3.05, 3.63) is 157 Å². The molecule has 4 aromatic carbocycles. The smallest absolute Gasteiger partial charge is 0.261 e. The highest BCUT2D eigenvalue weighted by Crippen LogP contribution is 2.37. The first-order chi connectivity index (χ1) is 23.2. The van der Waals surface area contributed by atoms with E-state index in [-0.39, 0.29) is 10.9 Å². The Hall–Kier alpha value is -5.44. The van der Waals surface area contributed by atoms with Crippen LogP contribution < -0.4 is 21.0 Å². The van der Waals surface area contributed by atoms with Gasteiger partial charge in [0.05, 0.1) is 12.3 Å². The second-order valence-corrected chi connectivity index (χ2v) is 17.1. The van der Waals surface area contributed by atoms with Crippen molar-refractivity contribution >= 4 is 41.9 Å². The molecule has 240 valence electrons. The van der Waals surface area contributed by atoms with Crippen LogP contribution in [0.1, 0.15) is 42.3 Å². The summed E-state index contributed by atoms with van der Waals surface area (Å²) >= 11 is 0. The van der Waals surface area contributed by atoms with Crippen LogP contribution in [0.5, 0.6) is 0 Å². The number of rotatable bonds is 10. The Labute approximate surface area is 283 Å². The number of aryl methyl sites for hydroxylation is 1. The molecule has 0 unspecified atom stereocenters. The minimum atomic E-state index is -2.67. The second-order valence-electron chi connectivity index (χ2n) is 12.8. The molecule has 0 atom stereocenters. The molecule has 0 spiro atoms. The maximum absolute atomic E-state index is 13.3. The fourth-order valence-electron chi connectivity index (χ4n) is 5.96. The molecule has 7 nitrogen and oxygen atoms in total. The Balaban J connectivity index is 1.16. The van der Waals surface area contributed by atoms with Crippen LogP contribution in [0.15, 0.2) is 140 Å². The summed E-state index contributed by atoms with van der Waals surface area (Å²) in [6.45, 7) is 9.24. The van der Waals surface area contributed by atoms with Crippen molar-refractivity contribution < 1.29 is 9.22 Å². The number of benzene rings is 4. The first-order valence-electron chi connectivity index (χ1n) is 16.0. The molecule has 8 heteroatoms. The molecule has 0 aliphatic carbocycles. The monoisotopic (exact) mass is 649 g/mol. The van der Waals surface area contributed by atoms with Gasteiger partial charge in [0.2, 0.25) is 5.95 Å². The zero-order valence-electron chi connectivity index (χ0n) is 27.6. The van der Waals surface area contributed by atoms with E-state index in [1.807, 2.05) is 79.7 Å². The second kappa shape index (κ2) is 14.1. The van der Waals surface area contributed by atoms with Crippen molar-refractivity contribution in [3.8, 4) is 11.3 Å². The highest BCUT2D eigenvalue weighted by molar-refractivity contribution is 6.99. The lowest BCUT2D eigenvalue weighted by Crippen LogP contribution is -2.66. The van der Waals surface area contributed by atoms with Gasteiger partial charge in [-0.1, -0.05) is 99.6 Å². The molecule has 48 heavy (non-hydrogen) atoms. The van der Waals surface area contributed by atoms with Crippen LogP contribution in [-0.2, 0) is 11.0 Å². The van der Waals surface area contributed by atoms with Crippen LogP contribution in [0.2, 0.25) is 5.04 Å². The van der Waals surface area contributed by atoms with Crippen molar-refractivity contribution in [3.63, 3.8) is 0 Å². The van der Waals surface area contributed by atoms with Crippen LogP contribution >= 0.6 is 0 Å². The summed E-state index contributed by atoms with van der Waals surface area (Å²) < 4.78 is 7.07. The SMILES string of the molecule is Cc1ccc(NC(=O)c2ccc(CO[Si](c3ccccc3)(c3ccccc3)C(C)(C)C)cc2)cc1Nc1nccc(-c2cccnc2)n1. The standard InChI is InChI=1S/C40H39N5O2Si/c1-29-17-22-33(26-37(29)45-39-42-25-23-36(44-39)32-12-11-24-41-27-32)43-38(46)31-20-18-30(19-21-31)28-47-48(40(2,3)4,34-13-7-5-8-14-34)35-15-9-6-10-16-35/h5-27H,28H2,1-4H3,(H,43,46)(H,42,44,45). The van der Waals surface area contributed by atoms with Gasteiger partial charge in [-0.3, -0.25) is 9.78 Å². The van der Waals surface area contributed by atoms with Gasteiger partial charge in [-0.2, -0.15) is 0 Å². The Kier molecular flexibility index (Phi) is 9.56. The topological polar surface area (TPSA) is 89.0 Å². The van der Waals surface area contributed by atoms with Crippen LogP contribution in [0.25, 0.3) is 11.3 Å². The normalized spacial score (nSPS) is 11.6. The lowest BCUT2D eigenvalue weighted by Gasteiger charge is -2.43. The summed E-state index contributed by atoms with van der Waals surface area (Å²) in [5.41, 5.74) is 5.70. The minimum absolute atomic E-state index is 0.119. The Morgan fingerprint density at radius 1 is 0.792 bits per heavy atom. The maximum Gasteiger partial charge on any atom is 0.261 e. The molecule has 0 bridgehead atoms. The highest BCUT2D eigenvalue weighted by Gasteiger charge is 2.50. The van der Waals surface area contributed by atoms with Crippen molar-refractivity contribution in [1.29, 1.82) is 0 Å². The number of carbonyl (C=O) groups is 1. The molecule has 0 saturated carbocycles. The maximum atomic E-state index is 13.3. The molecule has 2 N–H and O–H groups in total. The molecule has 6 rings (SSSR count). The number of amides is 1. The number of aromatic nitrogens is 3. The third-order valence-electron chi connectivity index (χ3n) is 8.44. The van der Waals surface area contributed by atoms with E-state index in [4.69, 9.17) is 4.43 Å². The van der Waals surface area contributed by atoms with E-state index in [1.54, 1.807) is 18.6 Å². The summed E-state index contributed by atoms with van der Waals surface area (Å²) in [5, 5.41) is 8.69. The molecule has 0 fully saturated rings. The molecule has 0 aliphatic heterocycles. The van der Waals surface area contributed by atoms with Crippen molar-refractivity contribution in [2.75, 3.05) is 10.6 Å². The molecule has 1 amide bonds. The minimum Gasteiger partial charge on any atom is -0.403 e. The predicted molar refractivity (Wildman–Crippen MR) is 197 cm³/mol. The number of hydrogen-bond acceptors (Lipinski definition) is 6. The van der Waals surface area contributed by atoms with Crippen LogP contribution in [0, 0.1) is 6.92 Å². The van der Waals surface area contributed by atoms with Gasteiger partial charge in [-0.05, 0) is 75.9 Å². The van der Waals surface area contributed by atoms with Gasteiger partial charge in [-0.25, -0.2) is 9.97 Å². The quantitative estimate of drug-likeness (QED) is 0.147. The van der Waals surface area contributed by atoms with Crippen molar-refractivity contribution in [1.82, 2.24) is 15.0 Å². The first-order valence-corrected chi connectivity index (χ1v) is 17.9. The molecule has 0 radical (unpaired) electrons. The van der Waals surface area contributed by atoms with Gasteiger partial charge in [0.1, 0.15) is 0 Å². The Morgan fingerprint density at radius 2 is 1.48 bits per heavy atom. The first kappa shape index (κ1) is 32.5. The van der Waals surface area contributed by atoms with E-state index < -0.39 is 8.32 Å². The van der Waals surface area contributed by atoms with Gasteiger partial charge in [-0.15, -0.1) is 0 Å². The largest absolute Gasteiger partial charge is 0.403 e. The average molecular weight is 650 g/mol. The van der Waals surface area contributed by atoms with E-state index in [0.717, 1.165) is 28.1 Å². The van der Waals surface area contributed by atoms with Crippen LogP contribution in [-0.4, -0.2) is 29.2 Å². The summed E-state index contributed by atoms with van der Waals surface area (Å²) in [6.07, 6.45) is 5.21. The van der Waals surface area contributed by atoms with Gasteiger partial charge in [0, 0.05) is 41.1 Å². The summed E-state index contributed by atoms with van der Waals surface area (Å²) in [4.78, 5) is 26.5. The number of anilines is 3. The van der Waals surface area contributed by atoms with E-state index in [0.29, 0.717) is 23.8 Å². The summed E-state index contributed by atoms with van der Waals surface area (Å²) in [5.74, 6) is 0.262. The lowest BCUT2D eigenvalue weighted by atomic mass is 10.1. The van der Waals surface area contributed by atoms with Crippen molar-refractivity contribution in [2.45, 2.75) is 39.3 Å². The van der Waals surface area contributed by atoms with Gasteiger partial charge < -0.3 is 15.1 Å². The lowest BCUT2D eigenvalue weighted by molar-refractivity contribution is 0.102. The fraction of sp³-hybridized carbons (Fsp3) is 0.150. The highest BCUT2D eigenvalue weighted by atomic mass is 28.4. The summed E-state index contributed by atoms with van der Waals surface area (Å²) in [6, 6.07) is 40.3. The summed E-state index contributed by atoms with van der Waals surface area (Å²) in [7, 11) is -2.67. The Bertz CT molecular complexity index is 1940. The zero-order chi connectivity index (χ0) is 33.6.